The van der Waals surface area contributed by atoms with Crippen LogP contribution in [0.4, 0.5) is 13.6 Å². The van der Waals surface area contributed by atoms with E-state index in [9.17, 15) is 18.7 Å². The van der Waals surface area contributed by atoms with E-state index in [4.69, 9.17) is 19.6 Å². The summed E-state index contributed by atoms with van der Waals surface area (Å²) in [6, 6.07) is 4.32. The summed E-state index contributed by atoms with van der Waals surface area (Å²) < 4.78 is 47.2. The number of carbonyl (C=O) groups excluding carboxylic acids is 1. The summed E-state index contributed by atoms with van der Waals surface area (Å²) in [4.78, 5) is 15.9. The second-order valence-corrected chi connectivity index (χ2v) is 8.95. The average Bonchev–Trinajstić information content (AvgIpc) is 3.41. The van der Waals surface area contributed by atoms with Gasteiger partial charge in [0.1, 0.15) is 5.69 Å². The van der Waals surface area contributed by atoms with Crippen molar-refractivity contribution < 1.29 is 37.3 Å². The van der Waals surface area contributed by atoms with E-state index >= 15 is 0 Å². The number of ether oxygens (including phenoxy) is 3. The van der Waals surface area contributed by atoms with Gasteiger partial charge in [-0.3, -0.25) is 0 Å². The first-order valence-corrected chi connectivity index (χ1v) is 10.3. The van der Waals surface area contributed by atoms with E-state index in [1.165, 1.54) is 18.2 Å². The molecule has 1 aromatic carbocycles. The number of benzene rings is 1. The standard InChI is InChI=1S/C22H28F2N2O6/c1-21(2,3)22(4,32-20(25)28)17-14(10-27)26-18(31-17)13-7-8-15(30-19(23)24)16(9-13)29-11-12-5-6-12/h7-9,12,19,27H,5-6,10-11H2,1-4H3,(H2,25,28). The van der Waals surface area contributed by atoms with Gasteiger partial charge in [0.25, 0.3) is 0 Å². The van der Waals surface area contributed by atoms with Gasteiger partial charge in [-0.2, -0.15) is 8.78 Å². The number of aromatic nitrogens is 1. The van der Waals surface area contributed by atoms with Crippen LogP contribution in [0.2, 0.25) is 0 Å². The minimum atomic E-state index is -3.00. The van der Waals surface area contributed by atoms with Crippen LogP contribution in [0.1, 0.15) is 52.0 Å². The normalized spacial score (nSPS) is 16.0. The largest absolute Gasteiger partial charge is 0.489 e. The molecule has 1 aliphatic carbocycles. The molecule has 1 amide bonds. The van der Waals surface area contributed by atoms with Crippen LogP contribution in [0.5, 0.6) is 11.5 Å². The number of hydrogen-bond acceptors (Lipinski definition) is 7. The molecule has 32 heavy (non-hydrogen) atoms. The number of aliphatic hydroxyl groups is 1. The van der Waals surface area contributed by atoms with E-state index in [0.29, 0.717) is 18.1 Å². The second kappa shape index (κ2) is 8.93. The Morgan fingerprint density at radius 2 is 1.97 bits per heavy atom. The third-order valence-corrected chi connectivity index (χ3v) is 5.59. The molecule has 0 saturated heterocycles. The number of halogens is 2. The number of rotatable bonds is 9. The molecular formula is C22H28F2N2O6. The van der Waals surface area contributed by atoms with Gasteiger partial charge < -0.3 is 29.5 Å². The van der Waals surface area contributed by atoms with Crippen molar-refractivity contribution in [3.63, 3.8) is 0 Å². The number of nitrogens with two attached hydrogens (primary N) is 1. The van der Waals surface area contributed by atoms with Crippen molar-refractivity contribution in [1.29, 1.82) is 0 Å². The summed E-state index contributed by atoms with van der Waals surface area (Å²) >= 11 is 0. The summed E-state index contributed by atoms with van der Waals surface area (Å²) in [6.45, 7) is 3.97. The molecule has 0 aliphatic heterocycles. The van der Waals surface area contributed by atoms with Crippen LogP contribution in [0.15, 0.2) is 22.6 Å². The zero-order valence-electron chi connectivity index (χ0n) is 18.5. The van der Waals surface area contributed by atoms with Gasteiger partial charge in [0, 0.05) is 11.0 Å². The molecule has 1 aromatic heterocycles. The molecule has 1 unspecified atom stereocenters. The lowest BCUT2D eigenvalue weighted by atomic mass is 9.75. The number of alkyl halides is 2. The van der Waals surface area contributed by atoms with Gasteiger partial charge in [0.05, 0.1) is 13.2 Å². The summed E-state index contributed by atoms with van der Waals surface area (Å²) in [7, 11) is 0. The lowest BCUT2D eigenvalue weighted by Crippen LogP contribution is -2.43. The lowest BCUT2D eigenvalue weighted by Gasteiger charge is -2.39. The van der Waals surface area contributed by atoms with Crippen molar-refractivity contribution in [1.82, 2.24) is 4.98 Å². The SMILES string of the molecule is CC(C)(C)C(C)(OC(N)=O)c1oc(-c2ccc(OC(F)F)c(OCC3CC3)c2)nc1CO. The van der Waals surface area contributed by atoms with Gasteiger partial charge in [-0.25, -0.2) is 9.78 Å². The average molecular weight is 454 g/mol. The van der Waals surface area contributed by atoms with E-state index in [1.807, 2.05) is 20.8 Å². The molecular weight excluding hydrogens is 426 g/mol. The Labute approximate surface area is 184 Å². The summed E-state index contributed by atoms with van der Waals surface area (Å²) in [6.07, 6.45) is 1.05. The lowest BCUT2D eigenvalue weighted by molar-refractivity contribution is -0.0716. The first kappa shape index (κ1) is 23.8. The number of hydrogen-bond donors (Lipinski definition) is 2. The third-order valence-electron chi connectivity index (χ3n) is 5.59. The molecule has 2 aromatic rings. The van der Waals surface area contributed by atoms with Crippen molar-refractivity contribution in [2.45, 2.75) is 59.4 Å². The number of amides is 1. The quantitative estimate of drug-likeness (QED) is 0.569. The first-order valence-electron chi connectivity index (χ1n) is 10.3. The molecule has 1 aliphatic rings. The molecule has 0 bridgehead atoms. The minimum Gasteiger partial charge on any atom is -0.489 e. The second-order valence-electron chi connectivity index (χ2n) is 8.95. The van der Waals surface area contributed by atoms with Crippen molar-refractivity contribution >= 4 is 6.09 Å². The summed E-state index contributed by atoms with van der Waals surface area (Å²) in [5.41, 5.74) is 3.84. The van der Waals surface area contributed by atoms with Crippen molar-refractivity contribution in [3.8, 4) is 23.0 Å². The molecule has 1 heterocycles. The number of primary amides is 1. The Balaban J connectivity index is 2.03. The Morgan fingerprint density at radius 3 is 2.50 bits per heavy atom. The topological polar surface area (TPSA) is 117 Å². The van der Waals surface area contributed by atoms with Gasteiger partial charge in [0.15, 0.2) is 22.9 Å². The maximum atomic E-state index is 12.8. The van der Waals surface area contributed by atoms with Crippen LogP contribution >= 0.6 is 0 Å². The molecule has 176 valence electrons. The Hall–Kier alpha value is -2.88. The minimum absolute atomic E-state index is 0.0902. The molecule has 3 N–H and O–H groups in total. The highest BCUT2D eigenvalue weighted by Crippen LogP contribution is 2.45. The smallest absolute Gasteiger partial charge is 0.405 e. The molecule has 1 fully saturated rings. The van der Waals surface area contributed by atoms with Crippen LogP contribution in [0.3, 0.4) is 0 Å². The molecule has 3 rings (SSSR count). The van der Waals surface area contributed by atoms with E-state index in [2.05, 4.69) is 9.72 Å². The molecule has 0 radical (unpaired) electrons. The first-order chi connectivity index (χ1) is 14.9. The summed E-state index contributed by atoms with van der Waals surface area (Å²) in [5, 5.41) is 9.87. The predicted molar refractivity (Wildman–Crippen MR) is 110 cm³/mol. The van der Waals surface area contributed by atoms with Crippen LogP contribution in [-0.2, 0) is 16.9 Å². The number of carbonyl (C=O) groups is 1. The van der Waals surface area contributed by atoms with E-state index in [0.717, 1.165) is 12.8 Å². The number of aliphatic hydroxyl groups excluding tert-OH is 1. The van der Waals surface area contributed by atoms with E-state index < -0.39 is 30.3 Å². The van der Waals surface area contributed by atoms with Gasteiger partial charge >= 0.3 is 12.7 Å². The summed E-state index contributed by atoms with van der Waals surface area (Å²) in [5.74, 6) is 0.648. The molecule has 0 spiro atoms. The monoisotopic (exact) mass is 454 g/mol. The molecule has 1 atom stereocenters. The highest BCUT2D eigenvalue weighted by atomic mass is 19.3. The predicted octanol–water partition coefficient (Wildman–Crippen LogP) is 4.58. The maximum Gasteiger partial charge on any atom is 0.405 e. The van der Waals surface area contributed by atoms with Gasteiger partial charge in [0.2, 0.25) is 5.89 Å². The van der Waals surface area contributed by atoms with Crippen molar-refractivity contribution in [2.75, 3.05) is 6.61 Å². The van der Waals surface area contributed by atoms with Crippen molar-refractivity contribution in [2.24, 2.45) is 17.1 Å². The van der Waals surface area contributed by atoms with Gasteiger partial charge in [-0.1, -0.05) is 20.8 Å². The fourth-order valence-electron chi connectivity index (χ4n) is 3.14. The fraction of sp³-hybridized carbons (Fsp3) is 0.545. The fourth-order valence-corrected chi connectivity index (χ4v) is 3.14. The third kappa shape index (κ3) is 5.12. The van der Waals surface area contributed by atoms with E-state index in [-0.39, 0.29) is 28.8 Å². The maximum absolute atomic E-state index is 12.8. The van der Waals surface area contributed by atoms with Gasteiger partial charge in [-0.05, 0) is 43.9 Å². The van der Waals surface area contributed by atoms with Crippen LogP contribution in [0, 0.1) is 11.3 Å². The molecule has 8 nitrogen and oxygen atoms in total. The molecule has 1 saturated carbocycles. The number of nitrogens with zero attached hydrogens (tertiary/aromatic N) is 1. The Morgan fingerprint density at radius 1 is 1.28 bits per heavy atom. The van der Waals surface area contributed by atoms with Crippen LogP contribution in [0.25, 0.3) is 11.5 Å². The van der Waals surface area contributed by atoms with Crippen LogP contribution in [-0.4, -0.2) is 29.4 Å². The zero-order chi connectivity index (χ0) is 23.7. The highest BCUT2D eigenvalue weighted by molar-refractivity contribution is 5.66. The van der Waals surface area contributed by atoms with E-state index in [1.54, 1.807) is 6.92 Å². The van der Waals surface area contributed by atoms with Gasteiger partial charge in [-0.15, -0.1) is 0 Å². The van der Waals surface area contributed by atoms with Crippen LogP contribution < -0.4 is 15.2 Å². The zero-order valence-corrected chi connectivity index (χ0v) is 18.5. The highest BCUT2D eigenvalue weighted by Gasteiger charge is 2.47. The molecule has 10 heteroatoms. The number of oxazole rings is 1. The Bertz CT molecular complexity index is 968. The van der Waals surface area contributed by atoms with Crippen molar-refractivity contribution in [3.05, 3.63) is 29.7 Å². The Kier molecular flexibility index (Phi) is 6.64.